The van der Waals surface area contributed by atoms with Gasteiger partial charge in [0.25, 0.3) is 0 Å². The summed E-state index contributed by atoms with van der Waals surface area (Å²) >= 11 is 5.36. The second-order valence-electron chi connectivity index (χ2n) is 11.0. The first kappa shape index (κ1) is 33.0. The van der Waals surface area contributed by atoms with Crippen LogP contribution in [0.3, 0.4) is 0 Å². The first-order valence-electron chi connectivity index (χ1n) is 14.8. The molecule has 0 bridgehead atoms. The highest BCUT2D eigenvalue weighted by Crippen LogP contribution is 2.54. The van der Waals surface area contributed by atoms with Gasteiger partial charge in [0.2, 0.25) is 17.7 Å². The van der Waals surface area contributed by atoms with Crippen molar-refractivity contribution in [2.75, 3.05) is 28.2 Å². The number of carbonyl (C=O) groups excluding carboxylic acids is 3. The Kier molecular flexibility index (Phi) is 9.11. The zero-order valence-corrected chi connectivity index (χ0v) is 28.3. The largest absolute Gasteiger partial charge is 0.416 e. The lowest BCUT2D eigenvalue weighted by atomic mass is 9.83. The van der Waals surface area contributed by atoms with E-state index in [1.807, 2.05) is 24.3 Å². The molecule has 14 heteroatoms. The Morgan fingerprint density at radius 1 is 0.957 bits per heavy atom. The van der Waals surface area contributed by atoms with Crippen molar-refractivity contribution in [2.24, 2.45) is 5.92 Å². The van der Waals surface area contributed by atoms with E-state index >= 15 is 0 Å². The monoisotopic (exact) mass is 744 g/mol. The Hall–Kier alpha value is -3.88. The van der Waals surface area contributed by atoms with Gasteiger partial charge in [-0.3, -0.25) is 23.7 Å². The number of halogens is 4. The van der Waals surface area contributed by atoms with Crippen molar-refractivity contribution in [1.29, 1.82) is 0 Å². The molecular formula is C33H28BrF3N4O4S2. The van der Waals surface area contributed by atoms with Gasteiger partial charge < -0.3 is 10.2 Å². The molecule has 0 spiro atoms. The highest BCUT2D eigenvalue weighted by molar-refractivity contribution is 9.10. The summed E-state index contributed by atoms with van der Waals surface area (Å²) in [7, 11) is 0. The third kappa shape index (κ3) is 6.25. The van der Waals surface area contributed by atoms with Gasteiger partial charge in [0.1, 0.15) is 11.8 Å². The van der Waals surface area contributed by atoms with Crippen LogP contribution in [0.1, 0.15) is 35.8 Å². The van der Waals surface area contributed by atoms with Gasteiger partial charge in [0, 0.05) is 39.7 Å². The van der Waals surface area contributed by atoms with Gasteiger partial charge in [-0.25, -0.2) is 4.90 Å². The molecule has 3 amide bonds. The summed E-state index contributed by atoms with van der Waals surface area (Å²) in [5, 5.41) is 1.96. The van der Waals surface area contributed by atoms with Gasteiger partial charge in [-0.2, -0.15) is 13.2 Å². The standard InChI is InChI=1S/C33H28BrF3N4O4S2/c1-3-39(4-2)22-12-8-18(9-13-22)25-26-27(30(44)41(29(26)43)23-14-10-20(34)11-15-23)46-31-28(25)47-32(45)40(31)17-24(42)38-21-7-5-6-19(16-21)33(35,36)37/h5-16,25-27H,3-4,17H2,1-2H3,(H,38,42)/t25-,26-,27+/m0/s1. The minimum absolute atomic E-state index is 0.0671. The van der Waals surface area contributed by atoms with E-state index in [1.54, 1.807) is 24.3 Å². The van der Waals surface area contributed by atoms with Gasteiger partial charge in [0.15, 0.2) is 0 Å². The summed E-state index contributed by atoms with van der Waals surface area (Å²) in [5.41, 5.74) is 1.18. The Balaban J connectivity index is 1.39. The van der Waals surface area contributed by atoms with Crippen LogP contribution in [0.25, 0.3) is 0 Å². The molecule has 0 unspecified atom stereocenters. The lowest BCUT2D eigenvalue weighted by Crippen LogP contribution is -2.33. The van der Waals surface area contributed by atoms with Crippen molar-refractivity contribution in [1.82, 2.24) is 4.57 Å². The number of aromatic nitrogens is 1. The molecule has 4 aromatic rings. The lowest BCUT2D eigenvalue weighted by molar-refractivity contribution is -0.137. The number of hydrogen-bond acceptors (Lipinski definition) is 7. The minimum Gasteiger partial charge on any atom is -0.372 e. The summed E-state index contributed by atoms with van der Waals surface area (Å²) in [6.07, 6.45) is -4.59. The Labute approximate surface area is 284 Å². The van der Waals surface area contributed by atoms with Crippen LogP contribution in [0.4, 0.5) is 30.2 Å². The van der Waals surface area contributed by atoms with Crippen LogP contribution in [0.2, 0.25) is 0 Å². The summed E-state index contributed by atoms with van der Waals surface area (Å²) < 4.78 is 41.7. The van der Waals surface area contributed by atoms with Gasteiger partial charge in [-0.05, 0) is 74.0 Å². The number of alkyl halides is 3. The Morgan fingerprint density at radius 2 is 1.64 bits per heavy atom. The number of carbonyl (C=O) groups is 3. The van der Waals surface area contributed by atoms with Crippen LogP contribution in [0.5, 0.6) is 0 Å². The molecule has 6 rings (SSSR count). The topological polar surface area (TPSA) is 91.7 Å². The van der Waals surface area contributed by atoms with E-state index in [0.29, 0.717) is 15.6 Å². The van der Waals surface area contributed by atoms with Crippen LogP contribution in [0, 0.1) is 5.92 Å². The average Bonchev–Trinajstić information content (AvgIpc) is 3.48. The average molecular weight is 746 g/mol. The van der Waals surface area contributed by atoms with Crippen molar-refractivity contribution in [3.05, 3.63) is 103 Å². The van der Waals surface area contributed by atoms with E-state index in [4.69, 9.17) is 0 Å². The molecule has 0 aliphatic carbocycles. The number of fused-ring (bicyclic) bond motifs is 2. The number of hydrogen-bond donors (Lipinski definition) is 1. The fraction of sp³-hybridized carbons (Fsp3) is 0.273. The Bertz CT molecular complexity index is 1910. The number of thioether (sulfide) groups is 1. The quantitative estimate of drug-likeness (QED) is 0.196. The van der Waals surface area contributed by atoms with Crippen LogP contribution < -0.4 is 20.0 Å². The van der Waals surface area contributed by atoms with Crippen LogP contribution in [0.15, 0.2) is 87.1 Å². The highest BCUT2D eigenvalue weighted by Gasteiger charge is 2.56. The van der Waals surface area contributed by atoms with Crippen LogP contribution in [-0.2, 0) is 27.1 Å². The molecule has 2 aliphatic heterocycles. The minimum atomic E-state index is -4.59. The van der Waals surface area contributed by atoms with E-state index in [2.05, 4.69) is 40.0 Å². The van der Waals surface area contributed by atoms with E-state index in [-0.39, 0.29) is 11.6 Å². The maximum atomic E-state index is 14.1. The fourth-order valence-electron chi connectivity index (χ4n) is 6.06. The molecule has 8 nitrogen and oxygen atoms in total. The van der Waals surface area contributed by atoms with Crippen molar-refractivity contribution >= 4 is 73.8 Å². The maximum Gasteiger partial charge on any atom is 0.416 e. The van der Waals surface area contributed by atoms with Gasteiger partial charge in [-0.1, -0.05) is 57.2 Å². The summed E-state index contributed by atoms with van der Waals surface area (Å²) in [6, 6.07) is 18.8. The van der Waals surface area contributed by atoms with Crippen molar-refractivity contribution in [3.8, 4) is 0 Å². The molecule has 244 valence electrons. The third-order valence-electron chi connectivity index (χ3n) is 8.29. The van der Waals surface area contributed by atoms with Crippen LogP contribution in [-0.4, -0.2) is 40.6 Å². The predicted molar refractivity (Wildman–Crippen MR) is 180 cm³/mol. The normalized spacial score (nSPS) is 19.0. The summed E-state index contributed by atoms with van der Waals surface area (Å²) in [6.45, 7) is 5.21. The van der Waals surface area contributed by atoms with Crippen molar-refractivity contribution in [3.63, 3.8) is 0 Å². The zero-order valence-electron chi connectivity index (χ0n) is 25.1. The number of amides is 3. The van der Waals surface area contributed by atoms with Gasteiger partial charge >= 0.3 is 11.0 Å². The Morgan fingerprint density at radius 3 is 2.28 bits per heavy atom. The second kappa shape index (κ2) is 13.0. The number of anilines is 3. The molecule has 3 aromatic carbocycles. The number of rotatable bonds is 8. The molecule has 1 N–H and O–H groups in total. The van der Waals surface area contributed by atoms with Gasteiger partial charge in [0.05, 0.1) is 22.2 Å². The van der Waals surface area contributed by atoms with Crippen molar-refractivity contribution < 1.29 is 27.6 Å². The highest BCUT2D eigenvalue weighted by atomic mass is 79.9. The molecular weight excluding hydrogens is 717 g/mol. The molecule has 0 radical (unpaired) electrons. The molecule has 1 fully saturated rings. The first-order valence-corrected chi connectivity index (χ1v) is 17.3. The third-order valence-corrected chi connectivity index (χ3v) is 11.4. The number of nitrogens with one attached hydrogen (secondary N) is 1. The maximum absolute atomic E-state index is 14.1. The van der Waals surface area contributed by atoms with Crippen LogP contribution >= 0.6 is 39.0 Å². The first-order chi connectivity index (χ1) is 22.4. The predicted octanol–water partition coefficient (Wildman–Crippen LogP) is 6.97. The smallest absolute Gasteiger partial charge is 0.372 e. The van der Waals surface area contributed by atoms with E-state index in [9.17, 15) is 32.3 Å². The summed E-state index contributed by atoms with van der Waals surface area (Å²) in [5.74, 6) is -2.98. The summed E-state index contributed by atoms with van der Waals surface area (Å²) in [4.78, 5) is 58.0. The fourth-order valence-corrected chi connectivity index (χ4v) is 9.10. The molecule has 47 heavy (non-hydrogen) atoms. The number of nitrogens with zero attached hydrogens (tertiary/aromatic N) is 3. The number of benzene rings is 3. The molecule has 1 aromatic heterocycles. The molecule has 2 aliphatic rings. The second-order valence-corrected chi connectivity index (χ2v) is 14.1. The SMILES string of the molecule is CCN(CC)c1ccc([C@@H]2c3sc(=O)n(CC(=O)Nc4cccc(C(F)(F)F)c4)c3S[C@H]3C(=O)N(c4ccc(Br)cc4)C(=O)[C@@H]23)cc1. The molecule has 1 saturated heterocycles. The van der Waals surface area contributed by atoms with Crippen molar-refractivity contribution in [2.45, 2.75) is 42.8 Å². The van der Waals surface area contributed by atoms with Gasteiger partial charge in [-0.15, -0.1) is 0 Å². The van der Waals surface area contributed by atoms with E-state index in [0.717, 1.165) is 64.0 Å². The van der Waals surface area contributed by atoms with E-state index < -0.39 is 52.1 Å². The number of thiazole rings is 1. The number of imide groups is 1. The lowest BCUT2D eigenvalue weighted by Gasteiger charge is -2.31. The zero-order chi connectivity index (χ0) is 33.6. The molecule has 0 saturated carbocycles. The molecule has 3 heterocycles. The van der Waals surface area contributed by atoms with E-state index in [1.165, 1.54) is 21.6 Å². The molecule has 3 atom stereocenters.